The van der Waals surface area contributed by atoms with Crippen LogP contribution in [0, 0.1) is 11.8 Å². The third-order valence-corrected chi connectivity index (χ3v) is 2.92. The van der Waals surface area contributed by atoms with E-state index in [1.165, 1.54) is 12.8 Å². The molecule has 0 heterocycles. The summed E-state index contributed by atoms with van der Waals surface area (Å²) < 4.78 is 5.54. The minimum atomic E-state index is -0.0813. The molecule has 1 unspecified atom stereocenters. The zero-order chi connectivity index (χ0) is 11.3. The highest BCUT2D eigenvalue weighted by Gasteiger charge is 2.35. The standard InChI is InChI=1S/C13H24O2/c1-4-15-13(11-8-9-11)12(14)7-5-6-10(2)3/h10-11,13H,4-9H2,1-3H3. The Kier molecular flexibility index (Phi) is 5.30. The molecule has 1 fully saturated rings. The van der Waals surface area contributed by atoms with Crippen LogP contribution in [0.5, 0.6) is 0 Å². The first kappa shape index (κ1) is 12.7. The van der Waals surface area contributed by atoms with Crippen LogP contribution in [0.25, 0.3) is 0 Å². The van der Waals surface area contributed by atoms with Gasteiger partial charge in [-0.1, -0.05) is 20.3 Å². The molecule has 0 saturated heterocycles. The average molecular weight is 212 g/mol. The molecule has 1 rings (SSSR count). The Morgan fingerprint density at radius 3 is 2.53 bits per heavy atom. The normalized spacial score (nSPS) is 18.1. The number of hydrogen-bond donors (Lipinski definition) is 0. The van der Waals surface area contributed by atoms with E-state index in [9.17, 15) is 4.79 Å². The minimum absolute atomic E-state index is 0.0813. The lowest BCUT2D eigenvalue weighted by atomic mass is 10.0. The van der Waals surface area contributed by atoms with Crippen LogP contribution in [-0.2, 0) is 9.53 Å². The number of carbonyl (C=O) groups is 1. The topological polar surface area (TPSA) is 26.3 Å². The van der Waals surface area contributed by atoms with E-state index in [1.807, 2.05) is 6.92 Å². The molecule has 0 N–H and O–H groups in total. The Morgan fingerprint density at radius 1 is 1.40 bits per heavy atom. The van der Waals surface area contributed by atoms with Gasteiger partial charge in [0.15, 0.2) is 5.78 Å². The van der Waals surface area contributed by atoms with Crippen LogP contribution in [-0.4, -0.2) is 18.5 Å². The van der Waals surface area contributed by atoms with Gasteiger partial charge < -0.3 is 4.74 Å². The van der Waals surface area contributed by atoms with Gasteiger partial charge in [-0.3, -0.25) is 4.79 Å². The summed E-state index contributed by atoms with van der Waals surface area (Å²) in [7, 11) is 0. The Morgan fingerprint density at radius 2 is 2.07 bits per heavy atom. The fraction of sp³-hybridized carbons (Fsp3) is 0.923. The molecule has 0 aromatic rings. The van der Waals surface area contributed by atoms with Gasteiger partial charge in [0.05, 0.1) is 0 Å². The fourth-order valence-electron chi connectivity index (χ4n) is 1.90. The number of rotatable bonds is 8. The Balaban J connectivity index is 2.23. The first-order chi connectivity index (χ1) is 7.15. The molecule has 2 nitrogen and oxygen atoms in total. The molecule has 88 valence electrons. The third-order valence-electron chi connectivity index (χ3n) is 2.92. The molecule has 15 heavy (non-hydrogen) atoms. The maximum absolute atomic E-state index is 11.9. The van der Waals surface area contributed by atoms with Crippen LogP contribution in [0.2, 0.25) is 0 Å². The van der Waals surface area contributed by atoms with Gasteiger partial charge in [0, 0.05) is 13.0 Å². The number of hydrogen-bond acceptors (Lipinski definition) is 2. The van der Waals surface area contributed by atoms with Gasteiger partial charge >= 0.3 is 0 Å². The number of ether oxygens (including phenoxy) is 1. The first-order valence-corrected chi connectivity index (χ1v) is 6.29. The largest absolute Gasteiger partial charge is 0.370 e. The van der Waals surface area contributed by atoms with Crippen molar-refractivity contribution in [2.24, 2.45) is 11.8 Å². The SMILES string of the molecule is CCOC(C(=O)CCCC(C)C)C1CC1. The van der Waals surface area contributed by atoms with Gasteiger partial charge in [-0.05, 0) is 38.0 Å². The highest BCUT2D eigenvalue weighted by molar-refractivity contribution is 5.83. The van der Waals surface area contributed by atoms with Crippen molar-refractivity contribution in [3.05, 3.63) is 0 Å². The quantitative estimate of drug-likeness (QED) is 0.617. The summed E-state index contributed by atoms with van der Waals surface area (Å²) in [6.07, 6.45) is 5.16. The van der Waals surface area contributed by atoms with Gasteiger partial charge in [0.1, 0.15) is 6.10 Å². The summed E-state index contributed by atoms with van der Waals surface area (Å²) in [5, 5.41) is 0. The van der Waals surface area contributed by atoms with Gasteiger partial charge in [0.2, 0.25) is 0 Å². The fourth-order valence-corrected chi connectivity index (χ4v) is 1.90. The van der Waals surface area contributed by atoms with Gasteiger partial charge in [-0.25, -0.2) is 0 Å². The highest BCUT2D eigenvalue weighted by Crippen LogP contribution is 2.35. The van der Waals surface area contributed by atoms with Crippen molar-refractivity contribution in [3.8, 4) is 0 Å². The smallest absolute Gasteiger partial charge is 0.161 e. The van der Waals surface area contributed by atoms with Crippen molar-refractivity contribution in [2.75, 3.05) is 6.61 Å². The predicted octanol–water partition coefficient (Wildman–Crippen LogP) is 3.20. The molecular weight excluding hydrogens is 188 g/mol. The molecule has 0 spiro atoms. The lowest BCUT2D eigenvalue weighted by Gasteiger charge is -2.15. The van der Waals surface area contributed by atoms with E-state index in [-0.39, 0.29) is 6.10 Å². The highest BCUT2D eigenvalue weighted by atomic mass is 16.5. The van der Waals surface area contributed by atoms with Crippen LogP contribution < -0.4 is 0 Å². The van der Waals surface area contributed by atoms with E-state index in [1.54, 1.807) is 0 Å². The van der Waals surface area contributed by atoms with Gasteiger partial charge in [-0.15, -0.1) is 0 Å². The first-order valence-electron chi connectivity index (χ1n) is 6.29. The number of Topliss-reactive ketones (excluding diaryl/α,β-unsaturated/α-hetero) is 1. The monoisotopic (exact) mass is 212 g/mol. The molecule has 0 aromatic heterocycles. The van der Waals surface area contributed by atoms with Crippen molar-refractivity contribution in [3.63, 3.8) is 0 Å². The maximum Gasteiger partial charge on any atom is 0.161 e. The second-order valence-corrected chi connectivity index (χ2v) is 4.97. The van der Waals surface area contributed by atoms with E-state index in [2.05, 4.69) is 13.8 Å². The van der Waals surface area contributed by atoms with Crippen molar-refractivity contribution in [1.82, 2.24) is 0 Å². The molecule has 0 bridgehead atoms. The molecule has 0 aliphatic heterocycles. The van der Waals surface area contributed by atoms with Gasteiger partial charge in [0.25, 0.3) is 0 Å². The molecular formula is C13H24O2. The van der Waals surface area contributed by atoms with Crippen LogP contribution in [0.1, 0.15) is 52.9 Å². The molecule has 2 heteroatoms. The second kappa shape index (κ2) is 6.26. The molecule has 0 aromatic carbocycles. The summed E-state index contributed by atoms with van der Waals surface area (Å²) in [5.41, 5.74) is 0. The van der Waals surface area contributed by atoms with Crippen molar-refractivity contribution in [2.45, 2.75) is 59.0 Å². The molecule has 1 aliphatic carbocycles. The van der Waals surface area contributed by atoms with E-state index >= 15 is 0 Å². The Bertz CT molecular complexity index is 195. The molecule has 0 radical (unpaired) electrons. The van der Waals surface area contributed by atoms with Crippen LogP contribution in [0.3, 0.4) is 0 Å². The Labute approximate surface area is 93.4 Å². The predicted molar refractivity (Wildman–Crippen MR) is 61.8 cm³/mol. The molecule has 1 saturated carbocycles. The van der Waals surface area contributed by atoms with E-state index < -0.39 is 0 Å². The minimum Gasteiger partial charge on any atom is -0.370 e. The van der Waals surface area contributed by atoms with E-state index in [0.717, 1.165) is 12.8 Å². The lowest BCUT2D eigenvalue weighted by molar-refractivity contribution is -0.131. The zero-order valence-corrected chi connectivity index (χ0v) is 10.3. The molecule has 1 atom stereocenters. The van der Waals surface area contributed by atoms with Crippen LogP contribution >= 0.6 is 0 Å². The van der Waals surface area contributed by atoms with Crippen molar-refractivity contribution < 1.29 is 9.53 Å². The average Bonchev–Trinajstić information content (AvgIpc) is 2.96. The van der Waals surface area contributed by atoms with Gasteiger partial charge in [-0.2, -0.15) is 0 Å². The van der Waals surface area contributed by atoms with Crippen LogP contribution in [0.4, 0.5) is 0 Å². The summed E-state index contributed by atoms with van der Waals surface area (Å²) in [6, 6.07) is 0. The molecule has 0 amide bonds. The summed E-state index contributed by atoms with van der Waals surface area (Å²) >= 11 is 0. The lowest BCUT2D eigenvalue weighted by Crippen LogP contribution is -2.26. The summed E-state index contributed by atoms with van der Waals surface area (Å²) in [5.74, 6) is 1.57. The molecule has 1 aliphatic rings. The van der Waals surface area contributed by atoms with Crippen LogP contribution in [0.15, 0.2) is 0 Å². The zero-order valence-electron chi connectivity index (χ0n) is 10.3. The summed E-state index contributed by atoms with van der Waals surface area (Å²) in [4.78, 5) is 11.9. The number of carbonyl (C=O) groups excluding carboxylic acids is 1. The maximum atomic E-state index is 11.9. The third kappa shape index (κ3) is 4.78. The van der Waals surface area contributed by atoms with Crippen molar-refractivity contribution in [1.29, 1.82) is 0 Å². The number of ketones is 1. The summed E-state index contributed by atoms with van der Waals surface area (Å²) in [6.45, 7) is 7.03. The van der Waals surface area contributed by atoms with Crippen molar-refractivity contribution >= 4 is 5.78 Å². The van der Waals surface area contributed by atoms with E-state index in [0.29, 0.717) is 30.6 Å². The van der Waals surface area contributed by atoms with E-state index in [4.69, 9.17) is 4.74 Å². The second-order valence-electron chi connectivity index (χ2n) is 4.97. The Hall–Kier alpha value is -0.370.